The second-order valence-electron chi connectivity index (χ2n) is 5.19. The van der Waals surface area contributed by atoms with Crippen molar-refractivity contribution >= 4 is 23.4 Å². The molecular formula is C15H19N3O3. The lowest BCUT2D eigenvalue weighted by molar-refractivity contribution is -0.137. The van der Waals surface area contributed by atoms with E-state index in [1.165, 1.54) is 6.92 Å². The number of amides is 3. The summed E-state index contributed by atoms with van der Waals surface area (Å²) in [6, 6.07) is 6.21. The van der Waals surface area contributed by atoms with Gasteiger partial charge in [0.05, 0.1) is 0 Å². The number of carbonyl (C=O) groups excluding carboxylic acids is 3. The van der Waals surface area contributed by atoms with Crippen molar-refractivity contribution in [3.05, 3.63) is 29.8 Å². The quantitative estimate of drug-likeness (QED) is 0.881. The number of hydrogen-bond acceptors (Lipinski definition) is 3. The summed E-state index contributed by atoms with van der Waals surface area (Å²) in [4.78, 5) is 38.6. The summed E-state index contributed by atoms with van der Waals surface area (Å²) in [5.41, 5.74) is 1.15. The fraction of sp³-hybridized carbons (Fsp3) is 0.400. The minimum absolute atomic E-state index is 0.0514. The molecule has 1 aromatic carbocycles. The molecule has 0 aliphatic carbocycles. The van der Waals surface area contributed by atoms with Gasteiger partial charge in [-0.05, 0) is 31.2 Å². The van der Waals surface area contributed by atoms with Crippen molar-refractivity contribution in [3.63, 3.8) is 0 Å². The van der Waals surface area contributed by atoms with Gasteiger partial charge < -0.3 is 15.1 Å². The molecule has 1 unspecified atom stereocenters. The van der Waals surface area contributed by atoms with E-state index in [9.17, 15) is 14.4 Å². The van der Waals surface area contributed by atoms with Crippen LogP contribution in [0.25, 0.3) is 0 Å². The van der Waals surface area contributed by atoms with Gasteiger partial charge in [-0.15, -0.1) is 0 Å². The monoisotopic (exact) mass is 289 g/mol. The van der Waals surface area contributed by atoms with Crippen LogP contribution < -0.4 is 5.32 Å². The molecule has 0 radical (unpaired) electrons. The van der Waals surface area contributed by atoms with Gasteiger partial charge in [0.25, 0.3) is 5.91 Å². The Morgan fingerprint density at radius 1 is 1.19 bits per heavy atom. The van der Waals surface area contributed by atoms with Gasteiger partial charge in [0.2, 0.25) is 11.8 Å². The molecule has 0 bridgehead atoms. The van der Waals surface area contributed by atoms with Crippen molar-refractivity contribution in [2.75, 3.05) is 25.5 Å². The lowest BCUT2D eigenvalue weighted by Gasteiger charge is -2.37. The van der Waals surface area contributed by atoms with Crippen LogP contribution in [0.4, 0.5) is 5.69 Å². The Labute approximate surface area is 123 Å². The number of nitrogens with zero attached hydrogens (tertiary/aromatic N) is 2. The number of benzene rings is 1. The molecule has 1 aliphatic heterocycles. The number of anilines is 1. The van der Waals surface area contributed by atoms with Crippen LogP contribution in [0.15, 0.2) is 24.3 Å². The van der Waals surface area contributed by atoms with Crippen LogP contribution in [0.2, 0.25) is 0 Å². The summed E-state index contributed by atoms with van der Waals surface area (Å²) in [7, 11) is 1.74. The molecule has 1 heterocycles. The molecule has 1 aliphatic rings. The van der Waals surface area contributed by atoms with Gasteiger partial charge in [0, 0.05) is 38.3 Å². The fourth-order valence-electron chi connectivity index (χ4n) is 2.36. The van der Waals surface area contributed by atoms with Gasteiger partial charge in [-0.3, -0.25) is 14.4 Å². The molecule has 3 amide bonds. The lowest BCUT2D eigenvalue weighted by atomic mass is 10.1. The van der Waals surface area contributed by atoms with E-state index < -0.39 is 6.04 Å². The first-order chi connectivity index (χ1) is 9.90. The second kappa shape index (κ2) is 5.95. The second-order valence-corrected chi connectivity index (χ2v) is 5.19. The Bertz CT molecular complexity index is 568. The van der Waals surface area contributed by atoms with E-state index in [0.717, 1.165) is 0 Å². The number of hydrogen-bond donors (Lipinski definition) is 1. The zero-order valence-corrected chi connectivity index (χ0v) is 12.4. The van der Waals surface area contributed by atoms with E-state index in [0.29, 0.717) is 24.3 Å². The van der Waals surface area contributed by atoms with E-state index in [2.05, 4.69) is 5.32 Å². The minimum Gasteiger partial charge on any atom is -0.342 e. The Hall–Kier alpha value is -2.37. The highest BCUT2D eigenvalue weighted by Gasteiger charge is 2.32. The molecule has 1 fully saturated rings. The molecule has 2 rings (SSSR count). The molecule has 1 N–H and O–H groups in total. The third kappa shape index (κ3) is 3.21. The highest BCUT2D eigenvalue weighted by atomic mass is 16.2. The Morgan fingerprint density at radius 3 is 2.38 bits per heavy atom. The van der Waals surface area contributed by atoms with Crippen LogP contribution in [0.5, 0.6) is 0 Å². The van der Waals surface area contributed by atoms with E-state index in [1.54, 1.807) is 48.0 Å². The van der Waals surface area contributed by atoms with E-state index in [1.807, 2.05) is 0 Å². The molecule has 0 aromatic heterocycles. The Morgan fingerprint density at radius 2 is 1.81 bits per heavy atom. The van der Waals surface area contributed by atoms with E-state index in [4.69, 9.17) is 0 Å². The van der Waals surface area contributed by atoms with Crippen molar-refractivity contribution in [2.24, 2.45) is 0 Å². The van der Waals surface area contributed by atoms with Gasteiger partial charge in [0.1, 0.15) is 6.04 Å². The molecule has 1 saturated heterocycles. The van der Waals surface area contributed by atoms with Crippen molar-refractivity contribution < 1.29 is 14.4 Å². The molecule has 6 heteroatoms. The number of carbonyl (C=O) groups is 3. The predicted molar refractivity (Wildman–Crippen MR) is 78.9 cm³/mol. The summed E-state index contributed by atoms with van der Waals surface area (Å²) >= 11 is 0. The van der Waals surface area contributed by atoms with Crippen molar-refractivity contribution in [1.82, 2.24) is 9.80 Å². The van der Waals surface area contributed by atoms with Crippen LogP contribution in [0.3, 0.4) is 0 Å². The third-order valence-corrected chi connectivity index (χ3v) is 3.59. The molecule has 0 spiro atoms. The van der Waals surface area contributed by atoms with E-state index >= 15 is 0 Å². The normalized spacial score (nSPS) is 18.6. The van der Waals surface area contributed by atoms with Gasteiger partial charge in [-0.2, -0.15) is 0 Å². The van der Waals surface area contributed by atoms with Crippen LogP contribution in [-0.4, -0.2) is 53.7 Å². The van der Waals surface area contributed by atoms with Gasteiger partial charge in [0.15, 0.2) is 0 Å². The number of likely N-dealkylation sites (N-methyl/N-ethyl adjacent to an activating group) is 1. The molecule has 1 atom stereocenters. The largest absolute Gasteiger partial charge is 0.342 e. The van der Waals surface area contributed by atoms with Gasteiger partial charge >= 0.3 is 0 Å². The van der Waals surface area contributed by atoms with Crippen molar-refractivity contribution in [3.8, 4) is 0 Å². The number of rotatable bonds is 2. The average molecular weight is 289 g/mol. The SMILES string of the molecule is CC(=O)Nc1ccc(C(=O)N2CCN(C)C(=O)C2C)cc1. The summed E-state index contributed by atoms with van der Waals surface area (Å²) in [6.45, 7) is 4.23. The first kappa shape index (κ1) is 15.0. The van der Waals surface area contributed by atoms with Crippen molar-refractivity contribution in [1.29, 1.82) is 0 Å². The maximum Gasteiger partial charge on any atom is 0.254 e. The predicted octanol–water partition coefficient (Wildman–Crippen LogP) is 0.948. The zero-order valence-electron chi connectivity index (χ0n) is 12.4. The maximum atomic E-state index is 12.5. The van der Waals surface area contributed by atoms with Crippen LogP contribution in [0, 0.1) is 0 Å². The molecule has 6 nitrogen and oxygen atoms in total. The zero-order chi connectivity index (χ0) is 15.6. The fourth-order valence-corrected chi connectivity index (χ4v) is 2.36. The summed E-state index contributed by atoms with van der Waals surface area (Å²) in [6.07, 6.45) is 0. The summed E-state index contributed by atoms with van der Waals surface area (Å²) in [5.74, 6) is -0.379. The standard InChI is InChI=1S/C15H19N3O3/c1-10-14(20)17(3)8-9-18(10)15(21)12-4-6-13(7-5-12)16-11(2)19/h4-7,10H,8-9H2,1-3H3,(H,16,19). The smallest absolute Gasteiger partial charge is 0.254 e. The third-order valence-electron chi connectivity index (χ3n) is 3.59. The topological polar surface area (TPSA) is 69.7 Å². The average Bonchev–Trinajstić information content (AvgIpc) is 2.44. The molecule has 112 valence electrons. The molecular weight excluding hydrogens is 270 g/mol. The first-order valence-electron chi connectivity index (χ1n) is 6.83. The summed E-state index contributed by atoms with van der Waals surface area (Å²) in [5, 5.41) is 2.65. The molecule has 21 heavy (non-hydrogen) atoms. The number of piperazine rings is 1. The van der Waals surface area contributed by atoms with Crippen LogP contribution in [-0.2, 0) is 9.59 Å². The minimum atomic E-state index is -0.453. The Kier molecular flexibility index (Phi) is 4.26. The van der Waals surface area contributed by atoms with Gasteiger partial charge in [-0.25, -0.2) is 0 Å². The number of nitrogens with one attached hydrogen (secondary N) is 1. The lowest BCUT2D eigenvalue weighted by Crippen LogP contribution is -2.56. The van der Waals surface area contributed by atoms with Gasteiger partial charge in [-0.1, -0.05) is 0 Å². The van der Waals surface area contributed by atoms with E-state index in [-0.39, 0.29) is 17.7 Å². The Balaban J connectivity index is 2.13. The van der Waals surface area contributed by atoms with Crippen LogP contribution >= 0.6 is 0 Å². The molecule has 0 saturated carbocycles. The highest BCUT2D eigenvalue weighted by molar-refractivity contribution is 5.98. The highest BCUT2D eigenvalue weighted by Crippen LogP contribution is 2.16. The first-order valence-corrected chi connectivity index (χ1v) is 6.83. The van der Waals surface area contributed by atoms with Crippen molar-refractivity contribution in [2.45, 2.75) is 19.9 Å². The molecule has 1 aromatic rings. The summed E-state index contributed by atoms with van der Waals surface area (Å²) < 4.78 is 0. The van der Waals surface area contributed by atoms with Crippen LogP contribution in [0.1, 0.15) is 24.2 Å². The maximum absolute atomic E-state index is 12.5.